The van der Waals surface area contributed by atoms with Gasteiger partial charge in [-0.3, -0.25) is 9.20 Å². The average molecular weight is 377 g/mol. The molecule has 140 valence electrons. The summed E-state index contributed by atoms with van der Waals surface area (Å²) in [5, 5.41) is 21.3. The van der Waals surface area contributed by atoms with Crippen LogP contribution in [-0.4, -0.2) is 31.4 Å². The van der Waals surface area contributed by atoms with E-state index < -0.39 is 11.9 Å². The summed E-state index contributed by atoms with van der Waals surface area (Å²) in [5.41, 5.74) is 13.6. The van der Waals surface area contributed by atoms with Crippen molar-refractivity contribution in [2.75, 3.05) is 11.5 Å². The number of rotatable bonds is 3. The molecule has 3 aromatic rings. The van der Waals surface area contributed by atoms with Gasteiger partial charge < -0.3 is 21.9 Å². The Bertz CT molecular complexity index is 1190. The van der Waals surface area contributed by atoms with Gasteiger partial charge >= 0.3 is 5.97 Å². The molecule has 1 amide bonds. The van der Waals surface area contributed by atoms with Crippen LogP contribution in [0.1, 0.15) is 50.1 Å². The first-order valence-electron chi connectivity index (χ1n) is 8.40. The van der Waals surface area contributed by atoms with Crippen molar-refractivity contribution in [2.24, 2.45) is 0 Å². The maximum absolute atomic E-state index is 12.7. The molecule has 1 aliphatic carbocycles. The molecule has 0 spiro atoms. The van der Waals surface area contributed by atoms with Gasteiger partial charge in [-0.15, -0.1) is 0 Å². The minimum atomic E-state index is -1.29. The molecule has 1 atom stereocenters. The topological polar surface area (TPSA) is 172 Å². The molecule has 6 N–H and O–H groups in total. The molecule has 0 radical (unpaired) electrons. The molecule has 2 aromatic heterocycles. The van der Waals surface area contributed by atoms with Crippen molar-refractivity contribution in [1.82, 2.24) is 19.7 Å². The largest absolute Gasteiger partial charge is 0.477 e. The number of amides is 1. The molecule has 0 fully saturated rings. The van der Waals surface area contributed by atoms with Gasteiger partial charge in [0.25, 0.3) is 5.91 Å². The third kappa shape index (κ3) is 2.66. The van der Waals surface area contributed by atoms with Crippen molar-refractivity contribution < 1.29 is 14.7 Å². The minimum absolute atomic E-state index is 0.00744. The van der Waals surface area contributed by atoms with Crippen molar-refractivity contribution in [3.63, 3.8) is 0 Å². The van der Waals surface area contributed by atoms with Crippen molar-refractivity contribution >= 4 is 29.3 Å². The smallest absolute Gasteiger partial charge is 0.353 e. The zero-order chi connectivity index (χ0) is 20.0. The van der Waals surface area contributed by atoms with E-state index in [1.54, 1.807) is 6.07 Å². The Labute approximate surface area is 158 Å². The molecular weight excluding hydrogens is 362 g/mol. The van der Waals surface area contributed by atoms with E-state index in [1.807, 2.05) is 12.1 Å². The first-order chi connectivity index (χ1) is 13.4. The summed E-state index contributed by atoms with van der Waals surface area (Å²) in [6, 6.07) is 8.31. The number of aromatic nitrogens is 3. The Kier molecular flexibility index (Phi) is 3.85. The minimum Gasteiger partial charge on any atom is -0.477 e. The number of carboxylic acids is 1. The Morgan fingerprint density at radius 1 is 1.29 bits per heavy atom. The van der Waals surface area contributed by atoms with Gasteiger partial charge in [0.15, 0.2) is 11.5 Å². The van der Waals surface area contributed by atoms with E-state index in [0.29, 0.717) is 12.0 Å². The van der Waals surface area contributed by atoms with E-state index >= 15 is 0 Å². The number of aromatic carboxylic acids is 1. The number of nitrogens with one attached hydrogen (secondary N) is 1. The lowest BCUT2D eigenvalue weighted by molar-refractivity contribution is 0.0688. The molecule has 1 aliphatic rings. The molecule has 10 heteroatoms. The molecule has 28 heavy (non-hydrogen) atoms. The highest BCUT2D eigenvalue weighted by molar-refractivity contribution is 5.97. The van der Waals surface area contributed by atoms with Crippen LogP contribution in [0.4, 0.5) is 11.8 Å². The first kappa shape index (κ1) is 17.3. The van der Waals surface area contributed by atoms with Gasteiger partial charge in [0.05, 0.1) is 17.7 Å². The maximum Gasteiger partial charge on any atom is 0.353 e. The number of nitrogens with two attached hydrogens (primary N) is 2. The summed E-state index contributed by atoms with van der Waals surface area (Å²) in [6.45, 7) is 0. The predicted molar refractivity (Wildman–Crippen MR) is 98.5 cm³/mol. The maximum atomic E-state index is 12.7. The number of fused-ring (bicyclic) bond motifs is 2. The summed E-state index contributed by atoms with van der Waals surface area (Å²) in [6.07, 6.45) is 1.40. The lowest BCUT2D eigenvalue weighted by Gasteiger charge is -2.14. The highest BCUT2D eigenvalue weighted by atomic mass is 16.4. The third-order valence-electron chi connectivity index (χ3n) is 4.75. The second-order valence-electron chi connectivity index (χ2n) is 6.44. The van der Waals surface area contributed by atoms with E-state index in [9.17, 15) is 14.7 Å². The van der Waals surface area contributed by atoms with E-state index in [2.05, 4.69) is 21.4 Å². The number of hydrogen-bond donors (Lipinski definition) is 4. The van der Waals surface area contributed by atoms with Crippen LogP contribution in [0, 0.1) is 11.3 Å². The molecule has 0 saturated carbocycles. The van der Waals surface area contributed by atoms with Crippen molar-refractivity contribution in [3.05, 3.63) is 52.3 Å². The normalized spacial score (nSPS) is 15.2. The first-order valence-corrected chi connectivity index (χ1v) is 8.40. The zero-order valence-electron chi connectivity index (χ0n) is 14.5. The monoisotopic (exact) mass is 377 g/mol. The Balaban J connectivity index is 1.69. The van der Waals surface area contributed by atoms with Crippen LogP contribution >= 0.6 is 0 Å². The van der Waals surface area contributed by atoms with Crippen LogP contribution in [0.2, 0.25) is 0 Å². The number of carbonyl (C=O) groups excluding carboxylic acids is 1. The number of nitrogens with zero attached hydrogens (tertiary/aromatic N) is 4. The number of hydrogen-bond acceptors (Lipinski definition) is 7. The van der Waals surface area contributed by atoms with Gasteiger partial charge in [-0.25, -0.2) is 9.78 Å². The van der Waals surface area contributed by atoms with Crippen LogP contribution in [0.5, 0.6) is 0 Å². The summed E-state index contributed by atoms with van der Waals surface area (Å²) in [5.74, 6) is -2.01. The summed E-state index contributed by atoms with van der Waals surface area (Å²) in [4.78, 5) is 32.3. The van der Waals surface area contributed by atoms with Crippen LogP contribution in [0.3, 0.4) is 0 Å². The number of nitriles is 1. The number of nitrogen functional groups attached to an aromatic ring is 2. The van der Waals surface area contributed by atoms with Crippen LogP contribution in [-0.2, 0) is 6.42 Å². The highest BCUT2D eigenvalue weighted by Crippen LogP contribution is 2.32. The fourth-order valence-corrected chi connectivity index (χ4v) is 3.47. The van der Waals surface area contributed by atoms with Crippen LogP contribution < -0.4 is 16.8 Å². The lowest BCUT2D eigenvalue weighted by atomic mass is 10.1. The van der Waals surface area contributed by atoms with E-state index in [0.717, 1.165) is 28.0 Å². The number of carbonyl (C=O) groups is 2. The molecule has 1 aromatic carbocycles. The molecule has 0 aliphatic heterocycles. The van der Waals surface area contributed by atoms with Crippen molar-refractivity contribution in [1.29, 1.82) is 5.26 Å². The van der Waals surface area contributed by atoms with E-state index in [-0.39, 0.29) is 34.8 Å². The second-order valence-corrected chi connectivity index (χ2v) is 6.44. The van der Waals surface area contributed by atoms with Gasteiger partial charge in [-0.1, -0.05) is 6.07 Å². The third-order valence-corrected chi connectivity index (χ3v) is 4.75. The van der Waals surface area contributed by atoms with Gasteiger partial charge in [0.1, 0.15) is 11.4 Å². The molecule has 10 nitrogen and oxygen atoms in total. The fraction of sp³-hybridized carbons (Fsp3) is 0.167. The Hall–Kier alpha value is -4.13. The molecule has 0 bridgehead atoms. The molecule has 4 rings (SSSR count). The van der Waals surface area contributed by atoms with Crippen molar-refractivity contribution in [3.8, 4) is 6.07 Å². The van der Waals surface area contributed by atoms with E-state index in [1.165, 1.54) is 0 Å². The standard InChI is InChI=1S/C18H15N7O3/c19-7-8-1-3-10-9(5-8)2-4-11(10)23-16(26)12-6-13(17(27)28)25-15(22-12)14(20)24-18(25)21/h1,3,5-6,11H,2,4,20H2,(H2,21,24)(H,23,26)(H,27,28)/t11-/m0/s1. The van der Waals surface area contributed by atoms with Gasteiger partial charge in [-0.2, -0.15) is 10.2 Å². The Morgan fingerprint density at radius 2 is 2.07 bits per heavy atom. The quantitative estimate of drug-likeness (QED) is 0.520. The van der Waals surface area contributed by atoms with Crippen LogP contribution in [0.15, 0.2) is 24.3 Å². The summed E-state index contributed by atoms with van der Waals surface area (Å²) < 4.78 is 1.09. The number of aryl methyl sites for hydroxylation is 1. The van der Waals surface area contributed by atoms with Gasteiger partial charge in [-0.05, 0) is 36.1 Å². The molecule has 0 saturated heterocycles. The van der Waals surface area contributed by atoms with Gasteiger partial charge in [0.2, 0.25) is 5.95 Å². The number of anilines is 2. The lowest BCUT2D eigenvalue weighted by Crippen LogP contribution is -2.28. The highest BCUT2D eigenvalue weighted by Gasteiger charge is 2.26. The molecule has 2 heterocycles. The number of imidazole rings is 1. The number of benzene rings is 1. The average Bonchev–Trinajstić information content (AvgIpc) is 3.21. The predicted octanol–water partition coefficient (Wildman–Crippen LogP) is 0.881. The number of carboxylic acid groups (broad SMARTS) is 1. The second kappa shape index (κ2) is 6.24. The Morgan fingerprint density at radius 3 is 2.79 bits per heavy atom. The zero-order valence-corrected chi connectivity index (χ0v) is 14.5. The van der Waals surface area contributed by atoms with Gasteiger partial charge in [0, 0.05) is 6.07 Å². The van der Waals surface area contributed by atoms with Crippen LogP contribution in [0.25, 0.3) is 5.65 Å². The molecule has 0 unspecified atom stereocenters. The SMILES string of the molecule is N#Cc1ccc2c(c1)CC[C@@H]2NC(=O)c1cc(C(=O)O)n2c(N)nc(N)c2n1. The molecular formula is C18H15N7O3. The fourth-order valence-electron chi connectivity index (χ4n) is 3.47. The summed E-state index contributed by atoms with van der Waals surface area (Å²) in [7, 11) is 0. The van der Waals surface area contributed by atoms with Crippen molar-refractivity contribution in [2.45, 2.75) is 18.9 Å². The van der Waals surface area contributed by atoms with E-state index in [4.69, 9.17) is 16.7 Å². The summed E-state index contributed by atoms with van der Waals surface area (Å²) >= 11 is 0.